The van der Waals surface area contributed by atoms with Crippen LogP contribution in [0.1, 0.15) is 10.4 Å². The number of carboxylic acids is 1. The second-order valence-electron chi connectivity index (χ2n) is 4.83. The number of benzene rings is 2. The lowest BCUT2D eigenvalue weighted by Crippen LogP contribution is -2.29. The predicted octanol–water partition coefficient (Wildman–Crippen LogP) is 2.72. The third-order valence-corrected chi connectivity index (χ3v) is 5.34. The third kappa shape index (κ3) is 5.18. The summed E-state index contributed by atoms with van der Waals surface area (Å²) in [4.78, 5) is 22.0. The molecule has 0 atom stereocenters. The smallest absolute Gasteiger partial charge is 0.322 e. The van der Waals surface area contributed by atoms with E-state index in [1.54, 1.807) is 6.07 Å². The van der Waals surface area contributed by atoms with E-state index < -0.39 is 28.4 Å². The zero-order chi connectivity index (χ0) is 18.6. The second-order valence-corrected chi connectivity index (χ2v) is 7.81. The minimum absolute atomic E-state index is 0.0616. The fraction of sp³-hybridized carbons (Fsp3) is 0.0667. The quantitative estimate of drug-likeness (QED) is 0.630. The molecule has 0 saturated carbocycles. The lowest BCUT2D eigenvalue weighted by Gasteiger charge is -2.10. The summed E-state index contributed by atoms with van der Waals surface area (Å²) in [6, 6.07) is 9.90. The number of carboxylic acid groups (broad SMARTS) is 1. The average molecular weight is 448 g/mol. The maximum absolute atomic E-state index is 12.4. The van der Waals surface area contributed by atoms with Gasteiger partial charge < -0.3 is 10.4 Å². The standard InChI is InChI=1S/C15H12BrClN2O5S/c16-10-3-6-13(12(17)7-10)25(23,24)19-11-4-1-9(2-5-11)15(22)18-8-14(20)21/h1-7,19H,8H2,(H,18,22)(H,20,21). The monoisotopic (exact) mass is 446 g/mol. The van der Waals surface area contributed by atoms with Crippen molar-refractivity contribution < 1.29 is 23.1 Å². The molecule has 2 aromatic rings. The van der Waals surface area contributed by atoms with E-state index in [9.17, 15) is 18.0 Å². The van der Waals surface area contributed by atoms with Gasteiger partial charge in [-0.05, 0) is 42.5 Å². The zero-order valence-electron chi connectivity index (χ0n) is 12.5. The molecule has 3 N–H and O–H groups in total. The van der Waals surface area contributed by atoms with Crippen LogP contribution in [0.4, 0.5) is 5.69 Å². The molecule has 7 nitrogen and oxygen atoms in total. The highest BCUT2D eigenvalue weighted by atomic mass is 79.9. The number of halogens is 2. The Bertz CT molecular complexity index is 916. The number of nitrogens with one attached hydrogen (secondary N) is 2. The average Bonchev–Trinajstić information content (AvgIpc) is 2.52. The Morgan fingerprint density at radius 3 is 2.32 bits per heavy atom. The molecule has 0 aromatic heterocycles. The van der Waals surface area contributed by atoms with Crippen molar-refractivity contribution in [2.24, 2.45) is 0 Å². The first-order chi connectivity index (χ1) is 11.7. The van der Waals surface area contributed by atoms with Gasteiger partial charge in [0.25, 0.3) is 15.9 Å². The number of carbonyl (C=O) groups is 2. The zero-order valence-corrected chi connectivity index (χ0v) is 15.7. The highest BCUT2D eigenvalue weighted by Gasteiger charge is 2.18. The summed E-state index contributed by atoms with van der Waals surface area (Å²) < 4.78 is 27.8. The number of rotatable bonds is 6. The molecule has 2 rings (SSSR count). The van der Waals surface area contributed by atoms with Gasteiger partial charge in [0.2, 0.25) is 0 Å². The third-order valence-electron chi connectivity index (χ3n) is 2.98. The Balaban J connectivity index is 2.15. The summed E-state index contributed by atoms with van der Waals surface area (Å²) in [5, 5.41) is 10.8. The van der Waals surface area contributed by atoms with Crippen LogP contribution in [-0.4, -0.2) is 31.9 Å². The van der Waals surface area contributed by atoms with E-state index in [0.717, 1.165) is 0 Å². The minimum Gasteiger partial charge on any atom is -0.480 e. The normalized spacial score (nSPS) is 11.0. The number of aliphatic carboxylic acids is 1. The van der Waals surface area contributed by atoms with Gasteiger partial charge in [-0.3, -0.25) is 14.3 Å². The van der Waals surface area contributed by atoms with Crippen LogP contribution in [0.2, 0.25) is 5.02 Å². The largest absolute Gasteiger partial charge is 0.480 e. The number of amides is 1. The highest BCUT2D eigenvalue weighted by Crippen LogP contribution is 2.27. The van der Waals surface area contributed by atoms with Gasteiger partial charge in [0.1, 0.15) is 11.4 Å². The molecule has 25 heavy (non-hydrogen) atoms. The molecule has 0 aliphatic heterocycles. The Morgan fingerprint density at radius 2 is 1.76 bits per heavy atom. The molecule has 0 radical (unpaired) electrons. The Kier molecular flexibility index (Phi) is 6.04. The van der Waals surface area contributed by atoms with Crippen molar-refractivity contribution in [2.45, 2.75) is 4.90 Å². The molecule has 0 bridgehead atoms. The summed E-state index contributed by atoms with van der Waals surface area (Å²) in [5.74, 6) is -1.74. The van der Waals surface area contributed by atoms with Gasteiger partial charge in [0.15, 0.2) is 0 Å². The van der Waals surface area contributed by atoms with Crippen molar-refractivity contribution in [3.05, 3.63) is 57.5 Å². The van der Waals surface area contributed by atoms with E-state index in [-0.39, 0.29) is 21.2 Å². The molecule has 0 aliphatic rings. The van der Waals surface area contributed by atoms with Crippen LogP contribution in [0.25, 0.3) is 0 Å². The fourth-order valence-electron chi connectivity index (χ4n) is 1.85. The molecule has 0 aliphatic carbocycles. The van der Waals surface area contributed by atoms with E-state index in [1.807, 2.05) is 0 Å². The molecule has 0 saturated heterocycles. The van der Waals surface area contributed by atoms with Gasteiger partial charge in [-0.1, -0.05) is 27.5 Å². The number of hydrogen-bond donors (Lipinski definition) is 3. The molecule has 0 spiro atoms. The van der Waals surface area contributed by atoms with Crippen LogP contribution in [0, 0.1) is 0 Å². The first-order valence-corrected chi connectivity index (χ1v) is 9.42. The van der Waals surface area contributed by atoms with Gasteiger partial charge in [-0.25, -0.2) is 8.42 Å². The van der Waals surface area contributed by atoms with E-state index in [0.29, 0.717) is 4.47 Å². The molecule has 1 amide bonds. The molecule has 0 unspecified atom stereocenters. The molecule has 2 aromatic carbocycles. The first-order valence-electron chi connectivity index (χ1n) is 6.77. The lowest BCUT2D eigenvalue weighted by atomic mass is 10.2. The van der Waals surface area contributed by atoms with E-state index in [1.165, 1.54) is 36.4 Å². The summed E-state index contributed by atoms with van der Waals surface area (Å²) in [6.07, 6.45) is 0. The Hall–Kier alpha value is -2.10. The number of sulfonamides is 1. The van der Waals surface area contributed by atoms with Crippen LogP contribution < -0.4 is 10.0 Å². The fourth-order valence-corrected chi connectivity index (χ4v) is 3.95. The first kappa shape index (κ1) is 19.2. The van der Waals surface area contributed by atoms with Gasteiger partial charge in [0, 0.05) is 15.7 Å². The van der Waals surface area contributed by atoms with Crippen molar-refractivity contribution in [1.82, 2.24) is 5.32 Å². The van der Waals surface area contributed by atoms with Gasteiger partial charge in [-0.15, -0.1) is 0 Å². The summed E-state index contributed by atoms with van der Waals surface area (Å²) in [5.41, 5.74) is 0.430. The predicted molar refractivity (Wildman–Crippen MR) is 96.4 cm³/mol. The van der Waals surface area contributed by atoms with Crippen LogP contribution in [0.5, 0.6) is 0 Å². The maximum atomic E-state index is 12.4. The summed E-state index contributed by atoms with van der Waals surface area (Å²) >= 11 is 9.16. The van der Waals surface area contributed by atoms with Crippen LogP contribution >= 0.6 is 27.5 Å². The van der Waals surface area contributed by atoms with Gasteiger partial charge in [0.05, 0.1) is 5.02 Å². The van der Waals surface area contributed by atoms with Crippen molar-refractivity contribution in [2.75, 3.05) is 11.3 Å². The van der Waals surface area contributed by atoms with Gasteiger partial charge in [-0.2, -0.15) is 0 Å². The van der Waals surface area contributed by atoms with Crippen molar-refractivity contribution in [3.63, 3.8) is 0 Å². The number of carbonyl (C=O) groups excluding carboxylic acids is 1. The van der Waals surface area contributed by atoms with Crippen LogP contribution in [0.15, 0.2) is 51.8 Å². The maximum Gasteiger partial charge on any atom is 0.322 e. The summed E-state index contributed by atoms with van der Waals surface area (Å²) in [6.45, 7) is -0.505. The molecule has 132 valence electrons. The topological polar surface area (TPSA) is 113 Å². The van der Waals surface area contributed by atoms with E-state index in [2.05, 4.69) is 26.0 Å². The van der Waals surface area contributed by atoms with Crippen molar-refractivity contribution >= 4 is 55.1 Å². The minimum atomic E-state index is -3.90. The summed E-state index contributed by atoms with van der Waals surface area (Å²) in [7, 11) is -3.90. The Morgan fingerprint density at radius 1 is 1.12 bits per heavy atom. The molecule has 0 fully saturated rings. The Labute approximate surface area is 157 Å². The van der Waals surface area contributed by atoms with Crippen LogP contribution in [-0.2, 0) is 14.8 Å². The van der Waals surface area contributed by atoms with Crippen LogP contribution in [0.3, 0.4) is 0 Å². The molecule has 0 heterocycles. The molecule has 10 heteroatoms. The van der Waals surface area contributed by atoms with Gasteiger partial charge >= 0.3 is 5.97 Å². The van der Waals surface area contributed by atoms with E-state index in [4.69, 9.17) is 16.7 Å². The highest BCUT2D eigenvalue weighted by molar-refractivity contribution is 9.10. The number of hydrogen-bond acceptors (Lipinski definition) is 4. The van der Waals surface area contributed by atoms with Crippen molar-refractivity contribution in [3.8, 4) is 0 Å². The SMILES string of the molecule is O=C(O)CNC(=O)c1ccc(NS(=O)(=O)c2ccc(Br)cc2Cl)cc1. The molecular formula is C15H12BrClN2O5S. The van der Waals surface area contributed by atoms with Crippen molar-refractivity contribution in [1.29, 1.82) is 0 Å². The molecular weight excluding hydrogens is 436 g/mol. The lowest BCUT2D eigenvalue weighted by molar-refractivity contribution is -0.135. The number of anilines is 1. The second kappa shape index (κ2) is 7.85. The van der Waals surface area contributed by atoms with E-state index >= 15 is 0 Å².